The van der Waals surface area contributed by atoms with Gasteiger partial charge in [0.2, 0.25) is 0 Å². The van der Waals surface area contributed by atoms with E-state index in [4.69, 9.17) is 0 Å². The third-order valence-corrected chi connectivity index (χ3v) is 5.88. The van der Waals surface area contributed by atoms with Gasteiger partial charge in [-0.1, -0.05) is 30.4 Å². The Bertz CT molecular complexity index is 905. The standard InChI is InChI=1S/C19H18O2S/c1-22(20,21)15-9-6-14-8-10-17-16-5-3-2-4-13(16)7-11-18(17)19(14)12-15/h2,4,6-7,9,11-12H,3,5,8,10H2,1H3. The summed E-state index contributed by atoms with van der Waals surface area (Å²) in [5, 5.41) is 0. The number of fused-ring (bicyclic) bond motifs is 5. The van der Waals surface area contributed by atoms with Crippen LogP contribution < -0.4 is 0 Å². The van der Waals surface area contributed by atoms with Crippen molar-refractivity contribution in [3.05, 3.63) is 58.7 Å². The maximum Gasteiger partial charge on any atom is 0.175 e. The molecule has 0 aliphatic heterocycles. The fraction of sp³-hybridized carbons (Fsp3) is 0.263. The second-order valence-electron chi connectivity index (χ2n) is 6.19. The zero-order chi connectivity index (χ0) is 15.3. The monoisotopic (exact) mass is 310 g/mol. The van der Waals surface area contributed by atoms with Crippen molar-refractivity contribution in [1.29, 1.82) is 0 Å². The van der Waals surface area contributed by atoms with Crippen LogP contribution in [0.2, 0.25) is 0 Å². The highest BCUT2D eigenvalue weighted by molar-refractivity contribution is 7.90. The molecule has 0 radical (unpaired) electrons. The van der Waals surface area contributed by atoms with Gasteiger partial charge in [-0.2, -0.15) is 0 Å². The molecule has 2 nitrogen and oxygen atoms in total. The molecule has 112 valence electrons. The Labute approximate surface area is 131 Å². The molecule has 2 aromatic carbocycles. The lowest BCUT2D eigenvalue weighted by molar-refractivity contribution is 0.602. The Morgan fingerprint density at radius 2 is 1.77 bits per heavy atom. The van der Waals surface area contributed by atoms with E-state index >= 15 is 0 Å². The van der Waals surface area contributed by atoms with Gasteiger partial charge in [0.05, 0.1) is 4.90 Å². The van der Waals surface area contributed by atoms with Crippen molar-refractivity contribution in [1.82, 2.24) is 0 Å². The van der Waals surface area contributed by atoms with Crippen LogP contribution in [0.5, 0.6) is 0 Å². The van der Waals surface area contributed by atoms with Crippen molar-refractivity contribution < 1.29 is 8.42 Å². The van der Waals surface area contributed by atoms with E-state index in [9.17, 15) is 8.42 Å². The van der Waals surface area contributed by atoms with Gasteiger partial charge in [-0.05, 0) is 71.2 Å². The maximum absolute atomic E-state index is 11.9. The first-order valence-electron chi connectivity index (χ1n) is 7.69. The third kappa shape index (κ3) is 2.12. The highest BCUT2D eigenvalue weighted by atomic mass is 32.2. The molecule has 0 heterocycles. The van der Waals surface area contributed by atoms with Gasteiger partial charge in [-0.25, -0.2) is 8.42 Å². The van der Waals surface area contributed by atoms with Gasteiger partial charge in [0.15, 0.2) is 9.84 Å². The van der Waals surface area contributed by atoms with Crippen LogP contribution in [0.3, 0.4) is 0 Å². The SMILES string of the molecule is CS(=O)(=O)c1ccc2c(c1)-c1ccc3c(c1CC2)CCC=C3. The van der Waals surface area contributed by atoms with E-state index < -0.39 is 9.84 Å². The average Bonchev–Trinajstić information content (AvgIpc) is 2.53. The Hall–Kier alpha value is -1.87. The number of sulfone groups is 1. The highest BCUT2D eigenvalue weighted by Gasteiger charge is 2.22. The van der Waals surface area contributed by atoms with Crippen molar-refractivity contribution in [3.8, 4) is 11.1 Å². The van der Waals surface area contributed by atoms with Gasteiger partial charge in [0.25, 0.3) is 0 Å². The van der Waals surface area contributed by atoms with Crippen LogP contribution in [0.1, 0.15) is 28.7 Å². The van der Waals surface area contributed by atoms with Crippen LogP contribution >= 0.6 is 0 Å². The summed E-state index contributed by atoms with van der Waals surface area (Å²) in [6.45, 7) is 0. The summed E-state index contributed by atoms with van der Waals surface area (Å²) in [6, 6.07) is 9.90. The molecule has 0 saturated carbocycles. The van der Waals surface area contributed by atoms with Crippen molar-refractivity contribution in [2.24, 2.45) is 0 Å². The van der Waals surface area contributed by atoms with Crippen LogP contribution in [0.15, 0.2) is 41.3 Å². The summed E-state index contributed by atoms with van der Waals surface area (Å²) in [5.41, 5.74) is 7.77. The number of benzene rings is 2. The van der Waals surface area contributed by atoms with E-state index in [0.29, 0.717) is 4.90 Å². The molecule has 4 rings (SSSR count). The molecule has 0 aromatic heterocycles. The Balaban J connectivity index is 1.96. The molecule has 0 saturated heterocycles. The quantitative estimate of drug-likeness (QED) is 0.802. The molecule has 2 aromatic rings. The molecule has 0 amide bonds. The van der Waals surface area contributed by atoms with Crippen LogP contribution in [0.25, 0.3) is 17.2 Å². The van der Waals surface area contributed by atoms with Crippen molar-refractivity contribution >= 4 is 15.9 Å². The topological polar surface area (TPSA) is 34.1 Å². The van der Waals surface area contributed by atoms with E-state index in [1.165, 1.54) is 34.1 Å². The van der Waals surface area contributed by atoms with E-state index in [-0.39, 0.29) is 0 Å². The Morgan fingerprint density at radius 3 is 2.59 bits per heavy atom. The van der Waals surface area contributed by atoms with E-state index in [2.05, 4.69) is 24.3 Å². The molecule has 0 atom stereocenters. The minimum Gasteiger partial charge on any atom is -0.224 e. The second-order valence-corrected chi connectivity index (χ2v) is 8.21. The number of rotatable bonds is 1. The first-order valence-corrected chi connectivity index (χ1v) is 9.58. The fourth-order valence-corrected chi connectivity index (χ4v) is 4.30. The summed E-state index contributed by atoms with van der Waals surface area (Å²) in [6.07, 6.45) is 9.95. The molecular formula is C19H18O2S. The largest absolute Gasteiger partial charge is 0.224 e. The number of hydrogen-bond donors (Lipinski definition) is 0. The molecule has 0 bridgehead atoms. The van der Waals surface area contributed by atoms with Crippen LogP contribution in [-0.2, 0) is 29.1 Å². The summed E-state index contributed by atoms with van der Waals surface area (Å²) >= 11 is 0. The molecule has 2 aliphatic rings. The molecule has 0 spiro atoms. The molecular weight excluding hydrogens is 292 g/mol. The maximum atomic E-state index is 11.9. The molecule has 0 unspecified atom stereocenters. The minimum atomic E-state index is -3.17. The van der Waals surface area contributed by atoms with Gasteiger partial charge < -0.3 is 0 Å². The highest BCUT2D eigenvalue weighted by Crippen LogP contribution is 2.39. The first kappa shape index (κ1) is 13.8. The van der Waals surface area contributed by atoms with Crippen LogP contribution in [0.4, 0.5) is 0 Å². The second kappa shape index (κ2) is 4.82. The predicted molar refractivity (Wildman–Crippen MR) is 89.8 cm³/mol. The Kier molecular flexibility index (Phi) is 3.01. The van der Waals surface area contributed by atoms with Gasteiger partial charge in [0.1, 0.15) is 0 Å². The number of allylic oxidation sites excluding steroid dienone is 1. The van der Waals surface area contributed by atoms with Crippen LogP contribution in [-0.4, -0.2) is 14.7 Å². The summed E-state index contributed by atoms with van der Waals surface area (Å²) in [5.74, 6) is 0. The average molecular weight is 310 g/mol. The fourth-order valence-electron chi connectivity index (χ4n) is 3.65. The molecule has 3 heteroatoms. The molecule has 2 aliphatic carbocycles. The minimum absolute atomic E-state index is 0.414. The van der Waals surface area contributed by atoms with Gasteiger partial charge in [-0.15, -0.1) is 0 Å². The molecule has 0 fully saturated rings. The lowest BCUT2D eigenvalue weighted by Crippen LogP contribution is -2.10. The van der Waals surface area contributed by atoms with E-state index in [1.807, 2.05) is 12.1 Å². The van der Waals surface area contributed by atoms with E-state index in [1.54, 1.807) is 6.07 Å². The van der Waals surface area contributed by atoms with Crippen molar-refractivity contribution in [2.75, 3.05) is 6.26 Å². The lowest BCUT2D eigenvalue weighted by atomic mass is 9.80. The van der Waals surface area contributed by atoms with Gasteiger partial charge >= 0.3 is 0 Å². The smallest absolute Gasteiger partial charge is 0.175 e. The lowest BCUT2D eigenvalue weighted by Gasteiger charge is -2.25. The predicted octanol–water partition coefficient (Wildman–Crippen LogP) is 3.82. The number of hydrogen-bond acceptors (Lipinski definition) is 2. The van der Waals surface area contributed by atoms with Crippen molar-refractivity contribution in [2.45, 2.75) is 30.6 Å². The molecule has 22 heavy (non-hydrogen) atoms. The zero-order valence-corrected chi connectivity index (χ0v) is 13.4. The van der Waals surface area contributed by atoms with E-state index in [0.717, 1.165) is 31.2 Å². The summed E-state index contributed by atoms with van der Waals surface area (Å²) < 4.78 is 23.7. The third-order valence-electron chi connectivity index (χ3n) is 4.77. The van der Waals surface area contributed by atoms with Crippen molar-refractivity contribution in [3.63, 3.8) is 0 Å². The summed E-state index contributed by atoms with van der Waals surface area (Å²) in [7, 11) is -3.17. The molecule has 0 N–H and O–H groups in total. The Morgan fingerprint density at radius 1 is 0.909 bits per heavy atom. The summed E-state index contributed by atoms with van der Waals surface area (Å²) in [4.78, 5) is 0.414. The number of aryl methyl sites for hydroxylation is 1. The first-order chi connectivity index (χ1) is 10.5. The van der Waals surface area contributed by atoms with Gasteiger partial charge in [-0.3, -0.25) is 0 Å². The van der Waals surface area contributed by atoms with Crippen LogP contribution in [0, 0.1) is 0 Å². The normalized spacial score (nSPS) is 15.9. The van der Waals surface area contributed by atoms with Gasteiger partial charge in [0, 0.05) is 6.26 Å². The zero-order valence-electron chi connectivity index (χ0n) is 12.6.